The van der Waals surface area contributed by atoms with E-state index in [1.807, 2.05) is 0 Å². The Hall–Kier alpha value is -1.43. The van der Waals surface area contributed by atoms with Crippen molar-refractivity contribution in [2.75, 3.05) is 13.1 Å². The van der Waals surface area contributed by atoms with Gasteiger partial charge in [-0.1, -0.05) is 0 Å². The number of nitrogens with zero attached hydrogens (tertiary/aromatic N) is 2. The number of hydrogen-bond donors (Lipinski definition) is 1. The van der Waals surface area contributed by atoms with Gasteiger partial charge >= 0.3 is 5.97 Å². The molecule has 5 nitrogen and oxygen atoms in total. The Morgan fingerprint density at radius 1 is 1.60 bits per heavy atom. The number of likely N-dealkylation sites (tertiary alicyclic amines) is 1. The van der Waals surface area contributed by atoms with E-state index in [1.54, 1.807) is 15.8 Å². The molecule has 1 aliphatic rings. The summed E-state index contributed by atoms with van der Waals surface area (Å²) in [5.74, 6) is -1.42. The van der Waals surface area contributed by atoms with Crippen molar-refractivity contribution in [2.45, 2.75) is 6.42 Å². The molecule has 2 heterocycles. The lowest BCUT2D eigenvalue weighted by molar-refractivity contribution is -0.141. The summed E-state index contributed by atoms with van der Waals surface area (Å²) in [6.07, 6.45) is 0.533. The Morgan fingerprint density at radius 2 is 2.40 bits per heavy atom. The van der Waals surface area contributed by atoms with Gasteiger partial charge in [0.25, 0.3) is 5.91 Å². The van der Waals surface area contributed by atoms with Crippen LogP contribution >= 0.6 is 11.3 Å². The molecule has 1 unspecified atom stereocenters. The molecule has 0 spiro atoms. The Labute approximate surface area is 90.4 Å². The van der Waals surface area contributed by atoms with Crippen molar-refractivity contribution in [2.24, 2.45) is 5.92 Å². The molecule has 1 aromatic heterocycles. The van der Waals surface area contributed by atoms with Gasteiger partial charge in [-0.3, -0.25) is 9.59 Å². The minimum Gasteiger partial charge on any atom is -0.481 e. The predicted molar refractivity (Wildman–Crippen MR) is 53.8 cm³/mol. The topological polar surface area (TPSA) is 70.5 Å². The summed E-state index contributed by atoms with van der Waals surface area (Å²) in [6.45, 7) is 0.805. The van der Waals surface area contributed by atoms with Gasteiger partial charge in [0.15, 0.2) is 0 Å². The SMILES string of the molecule is O=C(O)C1CCN(C(=O)c2cscn2)C1. The molecule has 1 aromatic rings. The first-order chi connectivity index (χ1) is 7.18. The maximum atomic E-state index is 11.8. The van der Waals surface area contributed by atoms with E-state index in [1.165, 1.54) is 11.3 Å². The van der Waals surface area contributed by atoms with Crippen LogP contribution in [-0.2, 0) is 4.79 Å². The van der Waals surface area contributed by atoms with E-state index in [9.17, 15) is 9.59 Å². The van der Waals surface area contributed by atoms with Crippen molar-refractivity contribution in [1.29, 1.82) is 0 Å². The fraction of sp³-hybridized carbons (Fsp3) is 0.444. The van der Waals surface area contributed by atoms with Crippen molar-refractivity contribution in [3.8, 4) is 0 Å². The molecule has 0 saturated carbocycles. The van der Waals surface area contributed by atoms with Crippen LogP contribution in [0.3, 0.4) is 0 Å². The van der Waals surface area contributed by atoms with E-state index in [-0.39, 0.29) is 5.91 Å². The van der Waals surface area contributed by atoms with Gasteiger partial charge < -0.3 is 10.0 Å². The molecule has 1 amide bonds. The highest BCUT2D eigenvalue weighted by atomic mass is 32.1. The second-order valence-electron chi connectivity index (χ2n) is 3.45. The number of hydrogen-bond acceptors (Lipinski definition) is 4. The summed E-state index contributed by atoms with van der Waals surface area (Å²) in [4.78, 5) is 27.9. The van der Waals surface area contributed by atoms with Gasteiger partial charge in [-0.2, -0.15) is 0 Å². The zero-order valence-corrected chi connectivity index (χ0v) is 8.74. The van der Waals surface area contributed by atoms with Gasteiger partial charge in [-0.25, -0.2) is 4.98 Å². The standard InChI is InChI=1S/C9H10N2O3S/c12-8(7-4-15-5-10-7)11-2-1-6(3-11)9(13)14/h4-6H,1-3H2,(H,13,14). The molecule has 6 heteroatoms. The van der Waals surface area contributed by atoms with Crippen LogP contribution in [-0.4, -0.2) is 40.0 Å². The van der Waals surface area contributed by atoms with Crippen molar-refractivity contribution < 1.29 is 14.7 Å². The van der Waals surface area contributed by atoms with E-state index in [2.05, 4.69) is 4.98 Å². The maximum Gasteiger partial charge on any atom is 0.308 e. The van der Waals surface area contributed by atoms with Gasteiger partial charge in [0.2, 0.25) is 0 Å². The summed E-state index contributed by atoms with van der Waals surface area (Å²) >= 11 is 1.36. The minimum absolute atomic E-state index is 0.167. The highest BCUT2D eigenvalue weighted by molar-refractivity contribution is 7.07. The molecule has 1 fully saturated rings. The van der Waals surface area contributed by atoms with Crippen molar-refractivity contribution in [3.63, 3.8) is 0 Å². The van der Waals surface area contributed by atoms with Gasteiger partial charge in [0.05, 0.1) is 11.4 Å². The number of carboxylic acids is 1. The molecule has 1 atom stereocenters. The molecule has 1 N–H and O–H groups in total. The van der Waals surface area contributed by atoms with E-state index in [0.717, 1.165) is 0 Å². The molecule has 1 aliphatic heterocycles. The van der Waals surface area contributed by atoms with Crippen molar-refractivity contribution in [1.82, 2.24) is 9.88 Å². The normalized spacial score (nSPS) is 20.5. The van der Waals surface area contributed by atoms with Gasteiger partial charge in [0.1, 0.15) is 5.69 Å². The molecule has 0 aliphatic carbocycles. The van der Waals surface area contributed by atoms with Crippen LogP contribution in [0.4, 0.5) is 0 Å². The summed E-state index contributed by atoms with van der Waals surface area (Å²) in [7, 11) is 0. The molecule has 1 saturated heterocycles. The number of amides is 1. The van der Waals surface area contributed by atoms with Crippen LogP contribution in [0.5, 0.6) is 0 Å². The zero-order valence-electron chi connectivity index (χ0n) is 7.92. The van der Waals surface area contributed by atoms with E-state index < -0.39 is 11.9 Å². The molecule has 0 bridgehead atoms. The van der Waals surface area contributed by atoms with Crippen LogP contribution in [0.15, 0.2) is 10.9 Å². The molecule has 0 radical (unpaired) electrons. The highest BCUT2D eigenvalue weighted by Crippen LogP contribution is 2.18. The molecule has 80 valence electrons. The average molecular weight is 226 g/mol. The minimum atomic E-state index is -0.830. The zero-order chi connectivity index (χ0) is 10.8. The quantitative estimate of drug-likeness (QED) is 0.805. The second kappa shape index (κ2) is 3.98. The van der Waals surface area contributed by atoms with Gasteiger partial charge in [-0.15, -0.1) is 11.3 Å². The van der Waals surface area contributed by atoms with Gasteiger partial charge in [-0.05, 0) is 6.42 Å². The number of carboxylic acid groups (broad SMARTS) is 1. The number of aromatic nitrogens is 1. The van der Waals surface area contributed by atoms with Gasteiger partial charge in [0, 0.05) is 18.5 Å². The number of rotatable bonds is 2. The van der Waals surface area contributed by atoms with Crippen LogP contribution in [0.1, 0.15) is 16.9 Å². The van der Waals surface area contributed by atoms with Crippen LogP contribution in [0.2, 0.25) is 0 Å². The predicted octanol–water partition coefficient (Wildman–Crippen LogP) is 0.690. The smallest absolute Gasteiger partial charge is 0.308 e. The monoisotopic (exact) mass is 226 g/mol. The van der Waals surface area contributed by atoms with E-state index in [0.29, 0.717) is 25.2 Å². The number of carbonyl (C=O) groups is 2. The first-order valence-electron chi connectivity index (χ1n) is 4.58. The molecule has 15 heavy (non-hydrogen) atoms. The van der Waals surface area contributed by atoms with Crippen molar-refractivity contribution >= 4 is 23.2 Å². The largest absolute Gasteiger partial charge is 0.481 e. The summed E-state index contributed by atoms with van der Waals surface area (Å²) in [6, 6.07) is 0. The summed E-state index contributed by atoms with van der Waals surface area (Å²) < 4.78 is 0. The third kappa shape index (κ3) is 1.99. The first-order valence-corrected chi connectivity index (χ1v) is 5.53. The van der Waals surface area contributed by atoms with Crippen molar-refractivity contribution in [3.05, 3.63) is 16.6 Å². The lowest BCUT2D eigenvalue weighted by Gasteiger charge is -2.13. The third-order valence-corrected chi connectivity index (χ3v) is 3.06. The van der Waals surface area contributed by atoms with E-state index in [4.69, 9.17) is 5.11 Å². The molecular formula is C9H10N2O3S. The maximum absolute atomic E-state index is 11.8. The number of aliphatic carboxylic acids is 1. The fourth-order valence-corrected chi connectivity index (χ4v) is 2.15. The number of carbonyl (C=O) groups excluding carboxylic acids is 1. The highest BCUT2D eigenvalue weighted by Gasteiger charge is 2.31. The Balaban J connectivity index is 2.02. The first kappa shape index (κ1) is 10.1. The summed E-state index contributed by atoms with van der Waals surface area (Å²) in [5, 5.41) is 10.5. The molecule has 0 aromatic carbocycles. The van der Waals surface area contributed by atoms with Crippen LogP contribution in [0.25, 0.3) is 0 Å². The van der Waals surface area contributed by atoms with Crippen LogP contribution in [0, 0.1) is 5.92 Å². The third-order valence-electron chi connectivity index (χ3n) is 2.48. The lowest BCUT2D eigenvalue weighted by Crippen LogP contribution is -2.30. The van der Waals surface area contributed by atoms with Crippen LogP contribution < -0.4 is 0 Å². The molecule has 2 rings (SSSR count). The Bertz CT molecular complexity index is 377. The fourth-order valence-electron chi connectivity index (χ4n) is 1.63. The Kier molecular flexibility index (Phi) is 2.68. The number of thiazole rings is 1. The second-order valence-corrected chi connectivity index (χ2v) is 4.17. The summed E-state index contributed by atoms with van der Waals surface area (Å²) in [5.41, 5.74) is 2.00. The lowest BCUT2D eigenvalue weighted by atomic mass is 10.1. The molecular weight excluding hydrogens is 216 g/mol. The average Bonchev–Trinajstić information content (AvgIpc) is 2.88. The Morgan fingerprint density at radius 3 is 2.93 bits per heavy atom. The van der Waals surface area contributed by atoms with E-state index >= 15 is 0 Å².